The van der Waals surface area contributed by atoms with Gasteiger partial charge in [0.05, 0.1) is 22.3 Å². The molecule has 1 saturated carbocycles. The number of carbonyl (C=O) groups excluding carboxylic acids is 1. The van der Waals surface area contributed by atoms with Crippen LogP contribution in [0.4, 0.5) is 36.4 Å². The standard InChI is InChI=1S/C23H17F7N2O4/c1-11-16-12(18(33)36-32-11)4-2-7-15(16)31-19(34)21(35,23(28,29)30)10-20(8-9-20)13-5-3-6-14(17(13)24)22(25,26)27/h2-7,35H,8-10H2,1H3,(H,31,34). The van der Waals surface area contributed by atoms with Crippen LogP contribution in [-0.2, 0) is 16.4 Å². The van der Waals surface area contributed by atoms with Crippen molar-refractivity contribution in [3.8, 4) is 0 Å². The molecule has 0 radical (unpaired) electrons. The van der Waals surface area contributed by atoms with Crippen LogP contribution in [0.3, 0.4) is 0 Å². The molecule has 13 heteroatoms. The van der Waals surface area contributed by atoms with E-state index in [1.54, 1.807) is 0 Å². The van der Waals surface area contributed by atoms with Crippen molar-refractivity contribution in [3.63, 3.8) is 0 Å². The lowest BCUT2D eigenvalue weighted by Crippen LogP contribution is -2.56. The molecule has 36 heavy (non-hydrogen) atoms. The molecule has 1 atom stereocenters. The van der Waals surface area contributed by atoms with Crippen molar-refractivity contribution in [3.05, 3.63) is 69.5 Å². The van der Waals surface area contributed by atoms with E-state index in [1.807, 2.05) is 5.32 Å². The predicted octanol–water partition coefficient (Wildman–Crippen LogP) is 5.01. The highest BCUT2D eigenvalue weighted by Crippen LogP contribution is 2.57. The molecule has 1 heterocycles. The molecule has 0 aliphatic heterocycles. The number of aromatic nitrogens is 1. The molecule has 6 nitrogen and oxygen atoms in total. The smallest absolute Gasteiger partial charge is 0.373 e. The van der Waals surface area contributed by atoms with E-state index < -0.39 is 58.3 Å². The number of aliphatic hydroxyl groups is 1. The first kappa shape index (κ1) is 25.6. The van der Waals surface area contributed by atoms with E-state index >= 15 is 0 Å². The van der Waals surface area contributed by atoms with Gasteiger partial charge in [0.15, 0.2) is 0 Å². The van der Waals surface area contributed by atoms with Gasteiger partial charge in [0.25, 0.3) is 5.91 Å². The Balaban J connectivity index is 1.75. The van der Waals surface area contributed by atoms with Crippen molar-refractivity contribution in [2.45, 2.75) is 49.6 Å². The van der Waals surface area contributed by atoms with Crippen molar-refractivity contribution < 1.29 is 45.2 Å². The Labute approximate surface area is 197 Å². The average molecular weight is 518 g/mol. The summed E-state index contributed by atoms with van der Waals surface area (Å²) in [4.78, 5) is 24.8. The molecule has 1 aliphatic rings. The molecule has 1 aliphatic carbocycles. The van der Waals surface area contributed by atoms with Gasteiger partial charge < -0.3 is 14.9 Å². The highest BCUT2D eigenvalue weighted by atomic mass is 19.4. The Hall–Kier alpha value is -3.48. The van der Waals surface area contributed by atoms with E-state index in [1.165, 1.54) is 25.1 Å². The van der Waals surface area contributed by atoms with Crippen LogP contribution in [0.1, 0.15) is 36.1 Å². The van der Waals surface area contributed by atoms with Gasteiger partial charge in [0, 0.05) is 17.2 Å². The van der Waals surface area contributed by atoms with Gasteiger partial charge in [-0.05, 0) is 43.5 Å². The van der Waals surface area contributed by atoms with Crippen molar-refractivity contribution in [2.24, 2.45) is 0 Å². The zero-order valence-electron chi connectivity index (χ0n) is 18.4. The maximum Gasteiger partial charge on any atom is 0.426 e. The van der Waals surface area contributed by atoms with Crippen LogP contribution in [0.2, 0.25) is 0 Å². The minimum atomic E-state index is -5.58. The third kappa shape index (κ3) is 4.21. The zero-order chi connectivity index (χ0) is 26.7. The number of rotatable bonds is 5. The Bertz CT molecular complexity index is 1410. The molecular formula is C23H17F7N2O4. The monoisotopic (exact) mass is 518 g/mol. The summed E-state index contributed by atoms with van der Waals surface area (Å²) in [6.07, 6.45) is -12.5. The van der Waals surface area contributed by atoms with Crippen LogP contribution in [0.15, 0.2) is 45.7 Å². The lowest BCUT2D eigenvalue weighted by atomic mass is 9.81. The molecular weight excluding hydrogens is 501 g/mol. The molecule has 192 valence electrons. The fourth-order valence-electron chi connectivity index (χ4n) is 4.30. The number of benzene rings is 2. The number of nitrogens with one attached hydrogen (secondary N) is 1. The van der Waals surface area contributed by atoms with Gasteiger partial charge in [-0.15, -0.1) is 0 Å². The van der Waals surface area contributed by atoms with Gasteiger partial charge >= 0.3 is 18.0 Å². The summed E-state index contributed by atoms with van der Waals surface area (Å²) in [5, 5.41) is 15.9. The first-order valence-electron chi connectivity index (χ1n) is 10.5. The largest absolute Gasteiger partial charge is 0.426 e. The molecule has 0 spiro atoms. The molecule has 0 saturated heterocycles. The summed E-state index contributed by atoms with van der Waals surface area (Å²) in [5.41, 5.74) is -9.44. The first-order valence-corrected chi connectivity index (χ1v) is 10.5. The summed E-state index contributed by atoms with van der Waals surface area (Å²) < 4.78 is 101. The maximum absolute atomic E-state index is 14.8. The molecule has 2 N–H and O–H groups in total. The second-order valence-electron chi connectivity index (χ2n) is 8.72. The summed E-state index contributed by atoms with van der Waals surface area (Å²) in [7, 11) is 0. The number of alkyl halides is 6. The maximum atomic E-state index is 14.8. The fraction of sp³-hybridized carbons (Fsp3) is 0.348. The van der Waals surface area contributed by atoms with Gasteiger partial charge in [-0.3, -0.25) is 4.79 Å². The Kier molecular flexibility index (Phi) is 5.90. The van der Waals surface area contributed by atoms with Crippen LogP contribution >= 0.6 is 0 Å². The van der Waals surface area contributed by atoms with Gasteiger partial charge in [0.1, 0.15) is 5.82 Å². The number of nitrogens with zero attached hydrogens (tertiary/aromatic N) is 1. The first-order chi connectivity index (χ1) is 16.6. The number of fused-ring (bicyclic) bond motifs is 1. The number of anilines is 1. The molecule has 4 rings (SSSR count). The van der Waals surface area contributed by atoms with E-state index in [4.69, 9.17) is 0 Å². The fourth-order valence-corrected chi connectivity index (χ4v) is 4.30. The number of halogens is 7. The van der Waals surface area contributed by atoms with E-state index in [9.17, 15) is 45.4 Å². The van der Waals surface area contributed by atoms with Gasteiger partial charge in [0.2, 0.25) is 5.60 Å². The normalized spacial score (nSPS) is 17.0. The number of aryl methyl sites for hydroxylation is 1. The number of carbonyl (C=O) groups is 1. The SMILES string of the molecule is Cc1noc(=O)c2cccc(NC(=O)C(O)(CC3(c4cccc(C(F)(F)F)c4F)CC3)C(F)(F)F)c12. The van der Waals surface area contributed by atoms with Gasteiger partial charge in [-0.25, -0.2) is 9.18 Å². The van der Waals surface area contributed by atoms with E-state index in [-0.39, 0.29) is 35.0 Å². The van der Waals surface area contributed by atoms with Crippen LogP contribution in [0, 0.1) is 12.7 Å². The summed E-state index contributed by atoms with van der Waals surface area (Å²) >= 11 is 0. The minimum Gasteiger partial charge on any atom is -0.373 e. The molecule has 3 aromatic rings. The zero-order valence-corrected chi connectivity index (χ0v) is 18.4. The number of amides is 1. The summed E-state index contributed by atoms with van der Waals surface area (Å²) in [6, 6.07) is 5.92. The van der Waals surface area contributed by atoms with Crippen LogP contribution in [0.5, 0.6) is 0 Å². The van der Waals surface area contributed by atoms with Crippen LogP contribution in [-0.4, -0.2) is 27.9 Å². The topological polar surface area (TPSA) is 92.4 Å². The predicted molar refractivity (Wildman–Crippen MR) is 112 cm³/mol. The second kappa shape index (κ2) is 8.29. The molecule has 1 amide bonds. The van der Waals surface area contributed by atoms with E-state index in [0.717, 1.165) is 12.1 Å². The van der Waals surface area contributed by atoms with E-state index in [2.05, 4.69) is 9.68 Å². The van der Waals surface area contributed by atoms with E-state index in [0.29, 0.717) is 6.07 Å². The molecule has 0 bridgehead atoms. The average Bonchev–Trinajstić information content (AvgIpc) is 3.55. The lowest BCUT2D eigenvalue weighted by Gasteiger charge is -2.33. The quantitative estimate of drug-likeness (QED) is 0.464. The van der Waals surface area contributed by atoms with Crippen molar-refractivity contribution in [1.82, 2.24) is 5.16 Å². The molecule has 1 aromatic heterocycles. The lowest BCUT2D eigenvalue weighted by molar-refractivity contribution is -0.253. The molecule has 1 fully saturated rings. The second-order valence-corrected chi connectivity index (χ2v) is 8.72. The van der Waals surface area contributed by atoms with Gasteiger partial charge in [-0.2, -0.15) is 26.3 Å². The van der Waals surface area contributed by atoms with Crippen LogP contribution in [0.25, 0.3) is 10.8 Å². The third-order valence-electron chi connectivity index (χ3n) is 6.33. The van der Waals surface area contributed by atoms with Crippen molar-refractivity contribution in [2.75, 3.05) is 5.32 Å². The Morgan fingerprint density at radius 3 is 2.33 bits per heavy atom. The van der Waals surface area contributed by atoms with Crippen molar-refractivity contribution >= 4 is 22.4 Å². The molecule has 1 unspecified atom stereocenters. The summed E-state index contributed by atoms with van der Waals surface area (Å²) in [5.74, 6) is -3.70. The summed E-state index contributed by atoms with van der Waals surface area (Å²) in [6.45, 7) is 1.37. The van der Waals surface area contributed by atoms with Crippen molar-refractivity contribution in [1.29, 1.82) is 0 Å². The minimum absolute atomic E-state index is 0.0308. The Morgan fingerprint density at radius 1 is 1.11 bits per heavy atom. The number of hydrogen-bond acceptors (Lipinski definition) is 5. The third-order valence-corrected chi connectivity index (χ3v) is 6.33. The number of hydrogen-bond donors (Lipinski definition) is 2. The van der Waals surface area contributed by atoms with Crippen LogP contribution < -0.4 is 10.9 Å². The highest BCUT2D eigenvalue weighted by molar-refractivity contribution is 6.05. The highest BCUT2D eigenvalue weighted by Gasteiger charge is 2.65. The Morgan fingerprint density at radius 2 is 1.75 bits per heavy atom. The molecule has 2 aromatic carbocycles. The van der Waals surface area contributed by atoms with Gasteiger partial charge in [-0.1, -0.05) is 23.4 Å².